The van der Waals surface area contributed by atoms with Gasteiger partial charge in [-0.1, -0.05) is 11.2 Å². The molecule has 0 saturated carbocycles. The Kier molecular flexibility index (Phi) is 4.77. The average Bonchev–Trinajstić information content (AvgIpc) is 3.04. The first kappa shape index (κ1) is 14.7. The smallest absolute Gasteiger partial charge is 0.222 e. The van der Waals surface area contributed by atoms with Gasteiger partial charge in [0.1, 0.15) is 5.69 Å². The van der Waals surface area contributed by atoms with Crippen molar-refractivity contribution in [2.24, 2.45) is 0 Å². The molecule has 1 atom stereocenters. The molecule has 0 bridgehead atoms. The molecule has 1 amide bonds. The highest BCUT2D eigenvalue weighted by molar-refractivity contribution is 5.76. The summed E-state index contributed by atoms with van der Waals surface area (Å²) in [5, 5.41) is 10.0. The van der Waals surface area contributed by atoms with Crippen LogP contribution in [0.3, 0.4) is 0 Å². The molecule has 0 unspecified atom stereocenters. The highest BCUT2D eigenvalue weighted by Crippen LogP contribution is 2.15. The highest BCUT2D eigenvalue weighted by Gasteiger charge is 2.17. The fourth-order valence-electron chi connectivity index (χ4n) is 2.26. The zero-order valence-electron chi connectivity index (χ0n) is 12.1. The van der Waals surface area contributed by atoms with Crippen LogP contribution in [0.25, 0.3) is 11.4 Å². The van der Waals surface area contributed by atoms with Gasteiger partial charge in [0.2, 0.25) is 5.91 Å². The SMILES string of the molecule is O=C(C[C@@H]1COCCN1)NCc1cc(-c2ccccn2)no1. The molecule has 3 rings (SSSR count). The van der Waals surface area contributed by atoms with Gasteiger partial charge < -0.3 is 19.9 Å². The van der Waals surface area contributed by atoms with E-state index in [0.717, 1.165) is 12.2 Å². The molecule has 3 heterocycles. The Bertz CT molecular complexity index is 608. The van der Waals surface area contributed by atoms with E-state index in [4.69, 9.17) is 9.26 Å². The van der Waals surface area contributed by atoms with Crippen molar-refractivity contribution in [1.29, 1.82) is 0 Å². The van der Waals surface area contributed by atoms with Gasteiger partial charge in [-0.2, -0.15) is 0 Å². The molecule has 7 nitrogen and oxygen atoms in total. The van der Waals surface area contributed by atoms with Gasteiger partial charge in [-0.3, -0.25) is 9.78 Å². The van der Waals surface area contributed by atoms with Crippen LogP contribution in [0.4, 0.5) is 0 Å². The number of hydrogen-bond acceptors (Lipinski definition) is 6. The lowest BCUT2D eigenvalue weighted by Crippen LogP contribution is -2.44. The first-order chi connectivity index (χ1) is 10.8. The number of nitrogens with one attached hydrogen (secondary N) is 2. The second kappa shape index (κ2) is 7.15. The monoisotopic (exact) mass is 302 g/mol. The third kappa shape index (κ3) is 3.90. The third-order valence-corrected chi connectivity index (χ3v) is 3.38. The standard InChI is InChI=1S/C15H18N4O3/c20-15(7-11-10-21-6-5-16-11)18-9-12-8-14(19-22-12)13-3-1-2-4-17-13/h1-4,8,11,16H,5-7,9-10H2,(H,18,20)/t11-/m1/s1. The van der Waals surface area contributed by atoms with Crippen molar-refractivity contribution >= 4 is 5.91 Å². The molecule has 1 saturated heterocycles. The second-order valence-corrected chi connectivity index (χ2v) is 5.10. The summed E-state index contributed by atoms with van der Waals surface area (Å²) in [6.45, 7) is 2.37. The van der Waals surface area contributed by atoms with Crippen LogP contribution in [0.1, 0.15) is 12.2 Å². The van der Waals surface area contributed by atoms with Crippen LogP contribution in [0, 0.1) is 0 Å². The molecular formula is C15H18N4O3. The van der Waals surface area contributed by atoms with Gasteiger partial charge in [0.05, 0.1) is 25.5 Å². The van der Waals surface area contributed by atoms with E-state index in [1.54, 1.807) is 12.3 Å². The molecule has 1 fully saturated rings. The van der Waals surface area contributed by atoms with Crippen molar-refractivity contribution in [3.8, 4) is 11.4 Å². The quantitative estimate of drug-likeness (QED) is 0.846. The predicted molar refractivity (Wildman–Crippen MR) is 78.8 cm³/mol. The number of carbonyl (C=O) groups excluding carboxylic acids is 1. The number of amides is 1. The van der Waals surface area contributed by atoms with Crippen LogP contribution in [-0.2, 0) is 16.1 Å². The maximum Gasteiger partial charge on any atom is 0.222 e. The molecule has 22 heavy (non-hydrogen) atoms. The summed E-state index contributed by atoms with van der Waals surface area (Å²) >= 11 is 0. The highest BCUT2D eigenvalue weighted by atomic mass is 16.5. The molecule has 116 valence electrons. The Morgan fingerprint density at radius 1 is 1.41 bits per heavy atom. The fourth-order valence-corrected chi connectivity index (χ4v) is 2.26. The van der Waals surface area contributed by atoms with Gasteiger partial charge in [0.15, 0.2) is 5.76 Å². The minimum absolute atomic E-state index is 0.0428. The van der Waals surface area contributed by atoms with Crippen molar-refractivity contribution < 1.29 is 14.1 Å². The number of rotatable bonds is 5. The first-order valence-electron chi connectivity index (χ1n) is 7.26. The van der Waals surface area contributed by atoms with Crippen LogP contribution < -0.4 is 10.6 Å². The van der Waals surface area contributed by atoms with E-state index in [1.807, 2.05) is 18.2 Å². The van der Waals surface area contributed by atoms with Crippen LogP contribution in [0.5, 0.6) is 0 Å². The van der Waals surface area contributed by atoms with E-state index >= 15 is 0 Å². The summed E-state index contributed by atoms with van der Waals surface area (Å²) < 4.78 is 10.5. The Balaban J connectivity index is 1.49. The van der Waals surface area contributed by atoms with Gasteiger partial charge in [0, 0.05) is 31.3 Å². The second-order valence-electron chi connectivity index (χ2n) is 5.10. The maximum absolute atomic E-state index is 11.9. The van der Waals surface area contributed by atoms with Crippen molar-refractivity contribution in [2.45, 2.75) is 19.0 Å². The molecule has 2 N–H and O–H groups in total. The van der Waals surface area contributed by atoms with Crippen LogP contribution >= 0.6 is 0 Å². The first-order valence-corrected chi connectivity index (χ1v) is 7.26. The number of morpholine rings is 1. The fraction of sp³-hybridized carbons (Fsp3) is 0.400. The van der Waals surface area contributed by atoms with Crippen molar-refractivity contribution in [2.75, 3.05) is 19.8 Å². The Morgan fingerprint density at radius 2 is 2.36 bits per heavy atom. The number of aromatic nitrogens is 2. The maximum atomic E-state index is 11.9. The molecule has 1 aliphatic rings. The molecule has 7 heteroatoms. The van der Waals surface area contributed by atoms with E-state index in [-0.39, 0.29) is 11.9 Å². The molecule has 0 radical (unpaired) electrons. The van der Waals surface area contributed by atoms with Gasteiger partial charge in [-0.25, -0.2) is 0 Å². The molecule has 2 aromatic rings. The summed E-state index contributed by atoms with van der Waals surface area (Å²) in [6.07, 6.45) is 2.09. The topological polar surface area (TPSA) is 89.3 Å². The molecule has 0 aliphatic carbocycles. The Hall–Kier alpha value is -2.25. The molecule has 2 aromatic heterocycles. The Labute approximate surface area is 128 Å². The normalized spacial score (nSPS) is 18.1. The summed E-state index contributed by atoms with van der Waals surface area (Å²) in [7, 11) is 0. The third-order valence-electron chi connectivity index (χ3n) is 3.38. The largest absolute Gasteiger partial charge is 0.378 e. The summed E-state index contributed by atoms with van der Waals surface area (Å²) in [6, 6.07) is 7.44. The number of pyridine rings is 1. The summed E-state index contributed by atoms with van der Waals surface area (Å²) in [4.78, 5) is 16.1. The van der Waals surface area contributed by atoms with E-state index in [0.29, 0.717) is 37.6 Å². The van der Waals surface area contributed by atoms with Crippen molar-refractivity contribution in [1.82, 2.24) is 20.8 Å². The predicted octanol–water partition coefficient (Wildman–Crippen LogP) is 0.731. The van der Waals surface area contributed by atoms with E-state index in [1.165, 1.54) is 0 Å². The number of nitrogens with zero attached hydrogens (tertiary/aromatic N) is 2. The van der Waals surface area contributed by atoms with Crippen LogP contribution in [0.2, 0.25) is 0 Å². The molecule has 0 spiro atoms. The lowest BCUT2D eigenvalue weighted by molar-refractivity contribution is -0.122. The lowest BCUT2D eigenvalue weighted by Gasteiger charge is -2.23. The molecule has 1 aliphatic heterocycles. The van der Waals surface area contributed by atoms with Crippen LogP contribution in [-0.4, -0.2) is 41.8 Å². The zero-order valence-corrected chi connectivity index (χ0v) is 12.1. The van der Waals surface area contributed by atoms with Crippen molar-refractivity contribution in [3.63, 3.8) is 0 Å². The summed E-state index contributed by atoms with van der Waals surface area (Å²) in [5.74, 6) is 0.556. The van der Waals surface area contributed by atoms with E-state index in [9.17, 15) is 4.79 Å². The number of ether oxygens (including phenoxy) is 1. The van der Waals surface area contributed by atoms with Gasteiger partial charge in [-0.15, -0.1) is 0 Å². The van der Waals surface area contributed by atoms with E-state index < -0.39 is 0 Å². The number of hydrogen-bond donors (Lipinski definition) is 2. The minimum Gasteiger partial charge on any atom is -0.378 e. The average molecular weight is 302 g/mol. The zero-order chi connectivity index (χ0) is 15.2. The summed E-state index contributed by atoms with van der Waals surface area (Å²) in [5.41, 5.74) is 1.40. The number of carbonyl (C=O) groups is 1. The van der Waals surface area contributed by atoms with E-state index in [2.05, 4.69) is 20.8 Å². The molecular weight excluding hydrogens is 284 g/mol. The van der Waals surface area contributed by atoms with Gasteiger partial charge in [0.25, 0.3) is 0 Å². The lowest BCUT2D eigenvalue weighted by atomic mass is 10.2. The van der Waals surface area contributed by atoms with Crippen molar-refractivity contribution in [3.05, 3.63) is 36.2 Å². The Morgan fingerprint density at radius 3 is 3.14 bits per heavy atom. The van der Waals surface area contributed by atoms with Crippen LogP contribution in [0.15, 0.2) is 35.0 Å². The van der Waals surface area contributed by atoms with Gasteiger partial charge >= 0.3 is 0 Å². The molecule has 0 aromatic carbocycles. The van der Waals surface area contributed by atoms with Gasteiger partial charge in [-0.05, 0) is 12.1 Å². The minimum atomic E-state index is -0.0428.